The van der Waals surface area contributed by atoms with Crippen LogP contribution in [0.1, 0.15) is 12.8 Å². The zero-order valence-corrected chi connectivity index (χ0v) is 11.7. The van der Waals surface area contributed by atoms with Crippen molar-refractivity contribution in [2.75, 3.05) is 32.1 Å². The van der Waals surface area contributed by atoms with E-state index in [2.05, 4.69) is 11.9 Å². The molecule has 0 spiro atoms. The molecule has 0 N–H and O–H groups in total. The second-order valence-corrected chi connectivity index (χ2v) is 5.39. The summed E-state index contributed by atoms with van der Waals surface area (Å²) in [6.45, 7) is 2.01. The van der Waals surface area contributed by atoms with E-state index in [-0.39, 0.29) is 11.8 Å². The highest BCUT2D eigenvalue weighted by Gasteiger charge is 2.26. The number of nitrogens with zero attached hydrogens (tertiary/aromatic N) is 2. The molecule has 1 saturated heterocycles. The topological polar surface area (TPSA) is 23.6 Å². The van der Waals surface area contributed by atoms with Crippen LogP contribution in [0.5, 0.6) is 0 Å². The molecule has 4 heteroatoms. The summed E-state index contributed by atoms with van der Waals surface area (Å²) in [5.41, 5.74) is 0.906. The number of carbonyl (C=O) groups is 1. The minimum absolute atomic E-state index is 0.155. The Morgan fingerprint density at radius 2 is 1.83 bits per heavy atom. The highest BCUT2D eigenvalue weighted by molar-refractivity contribution is 6.30. The maximum absolute atomic E-state index is 12.4. The lowest BCUT2D eigenvalue weighted by Crippen LogP contribution is -2.39. The molecule has 1 aliphatic heterocycles. The van der Waals surface area contributed by atoms with Gasteiger partial charge in [0.25, 0.3) is 0 Å². The molecule has 0 aromatic heterocycles. The number of hydrogen-bond donors (Lipinski definition) is 0. The van der Waals surface area contributed by atoms with E-state index in [1.54, 1.807) is 4.90 Å². The van der Waals surface area contributed by atoms with Gasteiger partial charge < -0.3 is 9.80 Å². The lowest BCUT2D eigenvalue weighted by Gasteiger charge is -2.30. The number of likely N-dealkylation sites (tertiary alicyclic amines) is 1. The molecule has 1 fully saturated rings. The van der Waals surface area contributed by atoms with Gasteiger partial charge in [0.2, 0.25) is 5.91 Å². The van der Waals surface area contributed by atoms with Gasteiger partial charge in [0.15, 0.2) is 0 Å². The highest BCUT2D eigenvalue weighted by atomic mass is 35.5. The molecule has 0 radical (unpaired) electrons. The molecule has 0 aliphatic carbocycles. The van der Waals surface area contributed by atoms with E-state index in [4.69, 9.17) is 11.6 Å². The monoisotopic (exact) mass is 266 g/mol. The van der Waals surface area contributed by atoms with E-state index in [9.17, 15) is 4.79 Å². The quantitative estimate of drug-likeness (QED) is 0.822. The lowest BCUT2D eigenvalue weighted by molar-refractivity contribution is -0.123. The first-order chi connectivity index (χ1) is 8.58. The molecule has 0 atom stereocenters. The summed E-state index contributed by atoms with van der Waals surface area (Å²) in [6.07, 6.45) is 1.90. The van der Waals surface area contributed by atoms with Crippen LogP contribution < -0.4 is 4.90 Å². The summed E-state index contributed by atoms with van der Waals surface area (Å²) in [4.78, 5) is 16.4. The lowest BCUT2D eigenvalue weighted by atomic mass is 9.95. The fourth-order valence-corrected chi connectivity index (χ4v) is 2.45. The largest absolute Gasteiger partial charge is 0.315 e. The van der Waals surface area contributed by atoms with Gasteiger partial charge in [-0.05, 0) is 57.2 Å². The molecule has 3 nitrogen and oxygen atoms in total. The normalized spacial score (nSPS) is 17.7. The van der Waals surface area contributed by atoms with E-state index < -0.39 is 0 Å². The Balaban J connectivity index is 2.02. The van der Waals surface area contributed by atoms with E-state index in [0.29, 0.717) is 5.02 Å². The summed E-state index contributed by atoms with van der Waals surface area (Å²) in [7, 11) is 3.94. The van der Waals surface area contributed by atoms with Crippen LogP contribution in [-0.2, 0) is 4.79 Å². The molecule has 98 valence electrons. The number of rotatable bonds is 2. The maximum atomic E-state index is 12.4. The Labute approximate surface area is 113 Å². The average molecular weight is 267 g/mol. The van der Waals surface area contributed by atoms with Gasteiger partial charge in [-0.3, -0.25) is 4.79 Å². The minimum atomic E-state index is 0.155. The van der Waals surface area contributed by atoms with Crippen LogP contribution in [0.4, 0.5) is 5.69 Å². The summed E-state index contributed by atoms with van der Waals surface area (Å²) in [5.74, 6) is 0.368. The van der Waals surface area contributed by atoms with E-state index in [1.807, 2.05) is 31.3 Å². The molecule has 1 aromatic rings. The smallest absolute Gasteiger partial charge is 0.229 e. The number of halogens is 1. The Kier molecular flexibility index (Phi) is 4.25. The molecule has 0 saturated carbocycles. The van der Waals surface area contributed by atoms with Crippen molar-refractivity contribution in [1.29, 1.82) is 0 Å². The number of benzene rings is 1. The molecule has 0 unspecified atom stereocenters. The maximum Gasteiger partial charge on any atom is 0.229 e. The second kappa shape index (κ2) is 5.72. The van der Waals surface area contributed by atoms with E-state index in [1.165, 1.54) is 0 Å². The predicted molar refractivity (Wildman–Crippen MR) is 75.1 cm³/mol. The predicted octanol–water partition coefficient (Wildman–Crippen LogP) is 2.64. The van der Waals surface area contributed by atoms with Crippen molar-refractivity contribution >= 4 is 23.2 Å². The molecule has 1 aromatic carbocycles. The fourth-order valence-electron chi connectivity index (χ4n) is 2.32. The summed E-state index contributed by atoms with van der Waals surface area (Å²) < 4.78 is 0. The van der Waals surface area contributed by atoms with Crippen molar-refractivity contribution in [3.05, 3.63) is 29.3 Å². The van der Waals surface area contributed by atoms with Gasteiger partial charge in [0, 0.05) is 23.7 Å². The van der Waals surface area contributed by atoms with Gasteiger partial charge in [-0.2, -0.15) is 0 Å². The van der Waals surface area contributed by atoms with Crippen LogP contribution in [0.2, 0.25) is 5.02 Å². The van der Waals surface area contributed by atoms with Crippen LogP contribution >= 0.6 is 11.6 Å². The molecular formula is C14H19ClN2O. The van der Waals surface area contributed by atoms with Crippen LogP contribution in [0, 0.1) is 5.92 Å². The molecule has 1 amide bonds. The standard InChI is InChI=1S/C14H19ClN2O/c1-16-9-7-11(8-10-16)14(18)17(2)13-5-3-12(15)4-6-13/h3-6,11H,7-10H2,1-2H3. The fraction of sp³-hybridized carbons (Fsp3) is 0.500. The molecular weight excluding hydrogens is 248 g/mol. The van der Waals surface area contributed by atoms with Gasteiger partial charge in [-0.15, -0.1) is 0 Å². The summed E-state index contributed by atoms with van der Waals surface area (Å²) in [6, 6.07) is 7.40. The highest BCUT2D eigenvalue weighted by Crippen LogP contribution is 2.23. The van der Waals surface area contributed by atoms with Crippen molar-refractivity contribution in [3.8, 4) is 0 Å². The number of anilines is 1. The van der Waals surface area contributed by atoms with Crippen molar-refractivity contribution in [2.45, 2.75) is 12.8 Å². The Morgan fingerprint density at radius 3 is 2.39 bits per heavy atom. The molecule has 1 aliphatic rings. The average Bonchev–Trinajstić information content (AvgIpc) is 2.39. The summed E-state index contributed by atoms with van der Waals surface area (Å²) >= 11 is 5.85. The van der Waals surface area contributed by atoms with Crippen LogP contribution in [-0.4, -0.2) is 38.0 Å². The van der Waals surface area contributed by atoms with Gasteiger partial charge in [-0.25, -0.2) is 0 Å². The van der Waals surface area contributed by atoms with Crippen molar-refractivity contribution in [1.82, 2.24) is 4.90 Å². The first-order valence-corrected chi connectivity index (χ1v) is 6.67. The number of amides is 1. The minimum Gasteiger partial charge on any atom is -0.315 e. The SMILES string of the molecule is CN1CCC(C(=O)N(C)c2ccc(Cl)cc2)CC1. The van der Waals surface area contributed by atoms with E-state index in [0.717, 1.165) is 31.6 Å². The third kappa shape index (κ3) is 3.03. The molecule has 2 rings (SSSR count). The Bertz CT molecular complexity index is 410. The first kappa shape index (κ1) is 13.4. The van der Waals surface area contributed by atoms with Gasteiger partial charge in [0.05, 0.1) is 0 Å². The third-order valence-electron chi connectivity index (χ3n) is 3.61. The van der Waals surface area contributed by atoms with Crippen LogP contribution in [0.25, 0.3) is 0 Å². The van der Waals surface area contributed by atoms with Gasteiger partial charge in [0.1, 0.15) is 0 Å². The van der Waals surface area contributed by atoms with Crippen molar-refractivity contribution in [2.24, 2.45) is 5.92 Å². The molecule has 18 heavy (non-hydrogen) atoms. The zero-order chi connectivity index (χ0) is 13.1. The molecule has 0 bridgehead atoms. The van der Waals surface area contributed by atoms with Crippen LogP contribution in [0.15, 0.2) is 24.3 Å². The zero-order valence-electron chi connectivity index (χ0n) is 10.9. The number of carbonyl (C=O) groups excluding carboxylic acids is 1. The number of hydrogen-bond acceptors (Lipinski definition) is 2. The Hall–Kier alpha value is -1.06. The van der Waals surface area contributed by atoms with Crippen LogP contribution in [0.3, 0.4) is 0 Å². The second-order valence-electron chi connectivity index (χ2n) is 4.95. The van der Waals surface area contributed by atoms with Gasteiger partial charge in [-0.1, -0.05) is 11.6 Å². The Morgan fingerprint density at radius 1 is 1.28 bits per heavy atom. The first-order valence-electron chi connectivity index (χ1n) is 6.29. The van der Waals surface area contributed by atoms with Crippen molar-refractivity contribution < 1.29 is 4.79 Å². The number of piperidine rings is 1. The third-order valence-corrected chi connectivity index (χ3v) is 3.86. The molecule has 1 heterocycles. The van der Waals surface area contributed by atoms with Gasteiger partial charge >= 0.3 is 0 Å². The van der Waals surface area contributed by atoms with Crippen molar-refractivity contribution in [3.63, 3.8) is 0 Å². The van der Waals surface area contributed by atoms with E-state index >= 15 is 0 Å². The summed E-state index contributed by atoms with van der Waals surface area (Å²) in [5, 5.41) is 0.693.